The second kappa shape index (κ2) is 14.5. The first-order chi connectivity index (χ1) is 34.5. The Balaban J connectivity index is 0.862. The van der Waals surface area contributed by atoms with Gasteiger partial charge in [0.15, 0.2) is 0 Å². The van der Waals surface area contributed by atoms with Gasteiger partial charge in [0.25, 0.3) is 0 Å². The van der Waals surface area contributed by atoms with Gasteiger partial charge in [0.2, 0.25) is 0 Å². The summed E-state index contributed by atoms with van der Waals surface area (Å²) >= 11 is 0. The monoisotopic (exact) mass is 891 g/mol. The summed E-state index contributed by atoms with van der Waals surface area (Å²) in [6.45, 7) is 4.73. The molecule has 0 radical (unpaired) electrons. The fraction of sp³-hybridized carbons (Fsp3) is 0.0448. The summed E-state index contributed by atoms with van der Waals surface area (Å²) in [6.07, 6.45) is 0. The van der Waals surface area contributed by atoms with Crippen molar-refractivity contribution in [1.29, 1.82) is 0 Å². The predicted octanol–water partition coefficient (Wildman–Crippen LogP) is 18.2. The quantitative estimate of drug-likeness (QED) is 0.120. The topological polar surface area (TPSA) is 12.6 Å². The molecule has 3 aromatic heterocycles. The zero-order chi connectivity index (χ0) is 46.2. The van der Waals surface area contributed by atoms with Crippen LogP contribution in [0.1, 0.15) is 25.0 Å². The van der Waals surface area contributed by atoms with Crippen molar-refractivity contribution in [3.05, 3.63) is 248 Å². The molecule has 3 heteroatoms. The number of fused-ring (bicyclic) bond motifs is 12. The van der Waals surface area contributed by atoms with Crippen LogP contribution in [0, 0.1) is 0 Å². The molecule has 3 nitrogen and oxygen atoms in total. The maximum Gasteiger partial charge on any atom is 0.0625 e. The number of anilines is 3. The van der Waals surface area contributed by atoms with Gasteiger partial charge in [-0.1, -0.05) is 172 Å². The molecule has 0 bridgehead atoms. The third-order valence-electron chi connectivity index (χ3n) is 15.6. The van der Waals surface area contributed by atoms with Crippen molar-refractivity contribution in [1.82, 2.24) is 8.97 Å². The molecule has 1 aliphatic carbocycles. The number of pyridine rings is 1. The fourth-order valence-corrected chi connectivity index (χ4v) is 12.4. The normalized spacial score (nSPS) is 13.1. The van der Waals surface area contributed by atoms with Crippen molar-refractivity contribution >= 4 is 87.7 Å². The second-order valence-electron chi connectivity index (χ2n) is 19.7. The molecule has 0 spiro atoms. The van der Waals surface area contributed by atoms with Gasteiger partial charge < -0.3 is 13.9 Å². The van der Waals surface area contributed by atoms with Crippen LogP contribution < -0.4 is 4.90 Å². The van der Waals surface area contributed by atoms with E-state index in [1.54, 1.807) is 0 Å². The van der Waals surface area contributed by atoms with E-state index in [1.807, 2.05) is 0 Å². The van der Waals surface area contributed by atoms with E-state index in [4.69, 9.17) is 0 Å². The molecule has 0 amide bonds. The lowest BCUT2D eigenvalue weighted by Gasteiger charge is -2.28. The van der Waals surface area contributed by atoms with Crippen LogP contribution in [0.2, 0.25) is 0 Å². The van der Waals surface area contributed by atoms with Crippen molar-refractivity contribution in [2.45, 2.75) is 19.3 Å². The van der Waals surface area contributed by atoms with Crippen molar-refractivity contribution in [3.63, 3.8) is 0 Å². The lowest BCUT2D eigenvalue weighted by atomic mass is 9.82. The summed E-state index contributed by atoms with van der Waals surface area (Å²) in [7, 11) is 0. The van der Waals surface area contributed by atoms with E-state index in [0.29, 0.717) is 0 Å². The van der Waals surface area contributed by atoms with Gasteiger partial charge in [0.05, 0.1) is 27.6 Å². The van der Waals surface area contributed by atoms with Gasteiger partial charge in [0, 0.05) is 60.5 Å². The highest BCUT2D eigenvalue weighted by atomic mass is 15.1. The minimum absolute atomic E-state index is 0.129. The number of aromatic nitrogens is 2. The average Bonchev–Trinajstić information content (AvgIpc) is 4.03. The van der Waals surface area contributed by atoms with E-state index in [1.165, 1.54) is 115 Å². The van der Waals surface area contributed by atoms with E-state index in [2.05, 4.69) is 264 Å². The van der Waals surface area contributed by atoms with Gasteiger partial charge in [-0.15, -0.1) is 0 Å². The Morgan fingerprint density at radius 1 is 0.343 bits per heavy atom. The highest BCUT2D eigenvalue weighted by Gasteiger charge is 2.36. The molecule has 0 atom stereocenters. The molecule has 0 saturated carbocycles. The van der Waals surface area contributed by atoms with Gasteiger partial charge in [-0.3, -0.25) is 0 Å². The summed E-state index contributed by atoms with van der Waals surface area (Å²) in [6, 6.07) is 87.8. The summed E-state index contributed by atoms with van der Waals surface area (Å²) in [4.78, 5) is 2.43. The van der Waals surface area contributed by atoms with Crippen LogP contribution >= 0.6 is 0 Å². The molecule has 3 heterocycles. The maximum atomic E-state index is 2.49. The molecule has 328 valence electrons. The Labute approximate surface area is 405 Å². The zero-order valence-corrected chi connectivity index (χ0v) is 38.9. The van der Waals surface area contributed by atoms with Gasteiger partial charge in [-0.25, -0.2) is 0 Å². The number of rotatable bonds is 6. The Hall–Kier alpha value is -8.92. The first-order valence-corrected chi connectivity index (χ1v) is 24.4. The second-order valence-corrected chi connectivity index (χ2v) is 19.7. The largest absolute Gasteiger partial charge is 0.310 e. The Morgan fingerprint density at radius 3 is 1.79 bits per heavy atom. The minimum atomic E-state index is -0.129. The lowest BCUT2D eigenvalue weighted by Crippen LogP contribution is -2.16. The maximum absolute atomic E-state index is 2.49. The number of para-hydroxylation sites is 3. The van der Waals surface area contributed by atoms with Crippen LogP contribution in [0.15, 0.2) is 237 Å². The molecule has 70 heavy (non-hydrogen) atoms. The molecule has 15 rings (SSSR count). The van der Waals surface area contributed by atoms with E-state index in [-0.39, 0.29) is 5.41 Å². The molecular formula is C67H45N3. The third-order valence-corrected chi connectivity index (χ3v) is 15.6. The Kier molecular flexibility index (Phi) is 8.13. The smallest absolute Gasteiger partial charge is 0.0625 e. The predicted molar refractivity (Wildman–Crippen MR) is 296 cm³/mol. The highest BCUT2D eigenvalue weighted by Crippen LogP contribution is 2.51. The molecule has 14 aromatic rings. The van der Waals surface area contributed by atoms with Crippen LogP contribution in [-0.2, 0) is 5.41 Å². The molecule has 0 fully saturated rings. The van der Waals surface area contributed by atoms with Gasteiger partial charge in [-0.2, -0.15) is 0 Å². The molecule has 0 unspecified atom stereocenters. The highest BCUT2D eigenvalue weighted by molar-refractivity contribution is 6.28. The Bertz CT molecular complexity index is 4400. The number of hydrogen-bond donors (Lipinski definition) is 0. The van der Waals surface area contributed by atoms with E-state index in [9.17, 15) is 0 Å². The first-order valence-electron chi connectivity index (χ1n) is 24.4. The van der Waals surface area contributed by atoms with Crippen LogP contribution in [0.4, 0.5) is 17.1 Å². The van der Waals surface area contributed by atoms with Crippen molar-refractivity contribution < 1.29 is 0 Å². The van der Waals surface area contributed by atoms with Crippen LogP contribution in [0.5, 0.6) is 0 Å². The summed E-state index contributed by atoms with van der Waals surface area (Å²) < 4.78 is 4.89. The lowest BCUT2D eigenvalue weighted by molar-refractivity contribution is 0.660. The Morgan fingerprint density at radius 2 is 0.957 bits per heavy atom. The summed E-state index contributed by atoms with van der Waals surface area (Å²) in [5, 5.41) is 10.3. The van der Waals surface area contributed by atoms with Crippen LogP contribution in [0.25, 0.3) is 110 Å². The van der Waals surface area contributed by atoms with Gasteiger partial charge in [0.1, 0.15) is 0 Å². The number of nitrogens with zero attached hydrogens (tertiary/aromatic N) is 3. The van der Waals surface area contributed by atoms with Gasteiger partial charge >= 0.3 is 0 Å². The number of benzene rings is 11. The molecule has 0 aliphatic heterocycles. The average molecular weight is 892 g/mol. The molecule has 0 saturated heterocycles. The van der Waals surface area contributed by atoms with Crippen molar-refractivity contribution in [2.24, 2.45) is 0 Å². The summed E-state index contributed by atoms with van der Waals surface area (Å²) in [5.74, 6) is 0. The molecular weight excluding hydrogens is 847 g/mol. The fourth-order valence-electron chi connectivity index (χ4n) is 12.4. The van der Waals surface area contributed by atoms with Crippen LogP contribution in [0.3, 0.4) is 0 Å². The zero-order valence-electron chi connectivity index (χ0n) is 38.9. The van der Waals surface area contributed by atoms with Crippen molar-refractivity contribution in [3.8, 4) is 39.1 Å². The van der Waals surface area contributed by atoms with E-state index >= 15 is 0 Å². The van der Waals surface area contributed by atoms with Crippen molar-refractivity contribution in [2.75, 3.05) is 4.90 Å². The SMILES string of the molecule is CC1(C)c2ccccc2-c2ccc(N(c3ccc(-c4ccc5c(c4)c4ccc6cccc7c8ccccc8n5c4c67)cc3)c3ccc(-c4cccc5c4c4ccccc4n5-c4ccccc4)cc3)cc21. The van der Waals surface area contributed by atoms with E-state index < -0.39 is 0 Å². The summed E-state index contributed by atoms with van der Waals surface area (Å²) in [5.41, 5.74) is 20.8. The molecule has 0 N–H and O–H groups in total. The van der Waals surface area contributed by atoms with E-state index in [0.717, 1.165) is 22.7 Å². The number of hydrogen-bond acceptors (Lipinski definition) is 1. The third kappa shape index (κ3) is 5.46. The van der Waals surface area contributed by atoms with Gasteiger partial charge in [-0.05, 0) is 134 Å². The standard InChI is InChI=1S/C67H45N3/c1-67(2)58-22-9-6-17-51(58)52-38-36-49(41-59(52)67)68(48-34-28-43(29-35-48)50-20-13-25-63-65(50)56-19-8-11-24-61(56)69(63)46-15-4-3-5-16-46)47-32-26-42(27-33-47)45-31-39-62-57(40-45)55-37-30-44-14-12-21-54-53-18-7-10-23-60(53)70(62)66(55)64(44)54/h3-41H,1-2H3. The minimum Gasteiger partial charge on any atom is -0.310 e. The molecule has 11 aromatic carbocycles. The first kappa shape index (κ1) is 39.1. The van der Waals surface area contributed by atoms with Crippen LogP contribution in [-0.4, -0.2) is 8.97 Å². The molecule has 1 aliphatic rings.